The normalized spacial score (nSPS) is 11.2. The van der Waals surface area contributed by atoms with Gasteiger partial charge in [-0.2, -0.15) is 0 Å². The molecule has 0 atom stereocenters. The van der Waals surface area contributed by atoms with Crippen LogP contribution in [0.1, 0.15) is 26.3 Å². The molecule has 0 saturated carbocycles. The fourth-order valence-corrected chi connectivity index (χ4v) is 1.34. The monoisotopic (exact) mass is 219 g/mol. The summed E-state index contributed by atoms with van der Waals surface area (Å²) < 4.78 is 5.38. The first kappa shape index (κ1) is 12.8. The van der Waals surface area contributed by atoms with E-state index < -0.39 is 0 Å². The molecule has 0 bridgehead atoms. The van der Waals surface area contributed by atoms with Gasteiger partial charge in [0.2, 0.25) is 0 Å². The van der Waals surface area contributed by atoms with Crippen LogP contribution in [0, 0.1) is 0 Å². The Bertz CT molecular complexity index is 314. The van der Waals surface area contributed by atoms with Crippen molar-refractivity contribution in [1.29, 1.82) is 0 Å². The molecule has 0 aliphatic rings. The molecule has 1 rings (SSSR count). The second-order valence-corrected chi connectivity index (χ2v) is 3.97. The summed E-state index contributed by atoms with van der Waals surface area (Å²) >= 11 is 0. The van der Waals surface area contributed by atoms with Crippen LogP contribution in [-0.2, 0) is 0 Å². The van der Waals surface area contributed by atoms with Gasteiger partial charge in [0.15, 0.2) is 0 Å². The Morgan fingerprint density at radius 1 is 1.25 bits per heavy atom. The van der Waals surface area contributed by atoms with E-state index in [4.69, 9.17) is 4.74 Å². The predicted molar refractivity (Wildman–Crippen MR) is 69.8 cm³/mol. The zero-order valence-electron chi connectivity index (χ0n) is 10.4. The zero-order chi connectivity index (χ0) is 11.8. The molecule has 2 heteroatoms. The van der Waals surface area contributed by atoms with Gasteiger partial charge in [0.25, 0.3) is 0 Å². The molecule has 0 saturated heterocycles. The molecular formula is C14H21NO. The summed E-state index contributed by atoms with van der Waals surface area (Å²) in [5.41, 5.74) is 1.20. The zero-order valence-corrected chi connectivity index (χ0v) is 10.4. The number of hydrogen-bond acceptors (Lipinski definition) is 2. The maximum Gasteiger partial charge on any atom is 0.119 e. The second kappa shape index (κ2) is 7.07. The minimum atomic E-state index is 0.532. The fraction of sp³-hybridized carbons (Fsp3) is 0.429. The third-order valence-electron chi connectivity index (χ3n) is 2.15. The molecule has 0 aliphatic carbocycles. The molecule has 2 nitrogen and oxygen atoms in total. The topological polar surface area (TPSA) is 21.3 Å². The summed E-state index contributed by atoms with van der Waals surface area (Å²) in [6.45, 7) is 7.90. The largest absolute Gasteiger partial charge is 0.494 e. The van der Waals surface area contributed by atoms with E-state index in [9.17, 15) is 0 Å². The lowest BCUT2D eigenvalue weighted by Crippen LogP contribution is -2.22. The lowest BCUT2D eigenvalue weighted by atomic mass is 10.2. The number of benzene rings is 1. The number of hydrogen-bond donors (Lipinski definition) is 1. The van der Waals surface area contributed by atoms with Crippen molar-refractivity contribution in [2.45, 2.75) is 26.8 Å². The summed E-state index contributed by atoms with van der Waals surface area (Å²) in [6, 6.07) is 8.66. The molecule has 16 heavy (non-hydrogen) atoms. The highest BCUT2D eigenvalue weighted by Crippen LogP contribution is 2.12. The van der Waals surface area contributed by atoms with Crippen LogP contribution in [0.5, 0.6) is 5.75 Å². The van der Waals surface area contributed by atoms with Crippen molar-refractivity contribution in [2.75, 3.05) is 13.2 Å². The molecule has 0 amide bonds. The van der Waals surface area contributed by atoms with Crippen molar-refractivity contribution in [3.8, 4) is 5.75 Å². The molecule has 0 aromatic heterocycles. The van der Waals surface area contributed by atoms with E-state index in [0.717, 1.165) is 12.3 Å². The number of nitrogens with one attached hydrogen (secondary N) is 1. The standard InChI is InChI=1S/C14H21NO/c1-4-16-14-9-7-13(8-10-14)6-5-11-15-12(2)3/h5-10,12,15H,4,11H2,1-3H3. The molecule has 0 unspecified atom stereocenters. The van der Waals surface area contributed by atoms with E-state index in [1.54, 1.807) is 0 Å². The van der Waals surface area contributed by atoms with E-state index in [1.165, 1.54) is 5.56 Å². The first-order valence-corrected chi connectivity index (χ1v) is 5.85. The van der Waals surface area contributed by atoms with Crippen LogP contribution >= 0.6 is 0 Å². The maximum absolute atomic E-state index is 5.38. The van der Waals surface area contributed by atoms with Gasteiger partial charge in [0.1, 0.15) is 5.75 Å². The van der Waals surface area contributed by atoms with Gasteiger partial charge in [-0.1, -0.05) is 38.1 Å². The number of rotatable bonds is 6. The summed E-state index contributed by atoms with van der Waals surface area (Å²) in [6.07, 6.45) is 4.25. The van der Waals surface area contributed by atoms with Crippen LogP contribution in [0.4, 0.5) is 0 Å². The summed E-state index contributed by atoms with van der Waals surface area (Å²) in [5, 5.41) is 3.34. The Morgan fingerprint density at radius 3 is 2.50 bits per heavy atom. The van der Waals surface area contributed by atoms with E-state index >= 15 is 0 Å². The Balaban J connectivity index is 2.42. The van der Waals surface area contributed by atoms with Gasteiger partial charge in [0.05, 0.1) is 6.61 Å². The van der Waals surface area contributed by atoms with Gasteiger partial charge in [-0.05, 0) is 24.6 Å². The van der Waals surface area contributed by atoms with Crippen LogP contribution in [0.25, 0.3) is 6.08 Å². The molecule has 0 radical (unpaired) electrons. The average Bonchev–Trinajstić information content (AvgIpc) is 2.27. The van der Waals surface area contributed by atoms with Crippen LogP contribution in [-0.4, -0.2) is 19.2 Å². The first-order valence-electron chi connectivity index (χ1n) is 5.85. The van der Waals surface area contributed by atoms with Crippen molar-refractivity contribution < 1.29 is 4.74 Å². The fourth-order valence-electron chi connectivity index (χ4n) is 1.34. The lowest BCUT2D eigenvalue weighted by molar-refractivity contribution is 0.340. The third kappa shape index (κ3) is 4.99. The molecule has 0 aliphatic heterocycles. The van der Waals surface area contributed by atoms with Crippen molar-refractivity contribution >= 4 is 6.08 Å². The predicted octanol–water partition coefficient (Wildman–Crippen LogP) is 3.10. The highest BCUT2D eigenvalue weighted by molar-refractivity contribution is 5.50. The lowest BCUT2D eigenvalue weighted by Gasteiger charge is -2.04. The minimum Gasteiger partial charge on any atom is -0.494 e. The van der Waals surface area contributed by atoms with Gasteiger partial charge < -0.3 is 10.1 Å². The van der Waals surface area contributed by atoms with Crippen LogP contribution in [0.2, 0.25) is 0 Å². The van der Waals surface area contributed by atoms with Gasteiger partial charge >= 0.3 is 0 Å². The molecule has 1 aromatic rings. The smallest absolute Gasteiger partial charge is 0.119 e. The quantitative estimate of drug-likeness (QED) is 0.793. The van der Waals surface area contributed by atoms with E-state index in [-0.39, 0.29) is 0 Å². The van der Waals surface area contributed by atoms with Crippen LogP contribution in [0.15, 0.2) is 30.3 Å². The van der Waals surface area contributed by atoms with Crippen LogP contribution in [0.3, 0.4) is 0 Å². The highest BCUT2D eigenvalue weighted by atomic mass is 16.5. The van der Waals surface area contributed by atoms with Crippen molar-refractivity contribution in [3.05, 3.63) is 35.9 Å². The SMILES string of the molecule is CCOc1ccc(C=CCNC(C)C)cc1. The molecule has 0 spiro atoms. The van der Waals surface area contributed by atoms with E-state index in [1.807, 2.05) is 19.1 Å². The molecule has 0 fully saturated rings. The molecule has 1 aromatic carbocycles. The molecule has 88 valence electrons. The summed E-state index contributed by atoms with van der Waals surface area (Å²) in [5.74, 6) is 0.931. The van der Waals surface area contributed by atoms with E-state index in [0.29, 0.717) is 12.6 Å². The Hall–Kier alpha value is -1.28. The van der Waals surface area contributed by atoms with Gasteiger partial charge in [-0.15, -0.1) is 0 Å². The number of ether oxygens (including phenoxy) is 1. The van der Waals surface area contributed by atoms with Crippen LogP contribution < -0.4 is 10.1 Å². The molecule has 1 N–H and O–H groups in total. The summed E-state index contributed by atoms with van der Waals surface area (Å²) in [4.78, 5) is 0. The van der Waals surface area contributed by atoms with Crippen molar-refractivity contribution in [1.82, 2.24) is 5.32 Å². The first-order chi connectivity index (χ1) is 7.72. The van der Waals surface area contributed by atoms with Gasteiger partial charge in [-0.25, -0.2) is 0 Å². The highest BCUT2D eigenvalue weighted by Gasteiger charge is 1.91. The minimum absolute atomic E-state index is 0.532. The molecule has 0 heterocycles. The molecular weight excluding hydrogens is 198 g/mol. The van der Waals surface area contributed by atoms with E-state index in [2.05, 4.69) is 43.4 Å². The van der Waals surface area contributed by atoms with Gasteiger partial charge in [-0.3, -0.25) is 0 Å². The van der Waals surface area contributed by atoms with Crippen molar-refractivity contribution in [2.24, 2.45) is 0 Å². The Kier molecular flexibility index (Phi) is 5.65. The maximum atomic E-state index is 5.38. The summed E-state index contributed by atoms with van der Waals surface area (Å²) in [7, 11) is 0. The van der Waals surface area contributed by atoms with Crippen molar-refractivity contribution in [3.63, 3.8) is 0 Å². The Morgan fingerprint density at radius 2 is 1.94 bits per heavy atom. The third-order valence-corrected chi connectivity index (χ3v) is 2.15. The second-order valence-electron chi connectivity index (χ2n) is 3.97. The van der Waals surface area contributed by atoms with Gasteiger partial charge in [0, 0.05) is 12.6 Å². The Labute approximate surface area is 98.3 Å². The average molecular weight is 219 g/mol.